The molecule has 0 aliphatic heterocycles. The quantitative estimate of drug-likeness (QED) is 0.442. The number of thiol groups is 1. The van der Waals surface area contributed by atoms with Gasteiger partial charge in [0.2, 0.25) is 0 Å². The molecule has 1 nitrogen and oxygen atoms in total. The van der Waals surface area contributed by atoms with Crippen molar-refractivity contribution in [3.05, 3.63) is 0 Å². The Balaban J connectivity index is 4.26. The molecular weight excluding hydrogens is 220 g/mol. The van der Waals surface area contributed by atoms with Gasteiger partial charge in [-0.15, -0.1) is 0 Å². The number of rotatable bonds is 10. The van der Waals surface area contributed by atoms with Gasteiger partial charge in [-0.3, -0.25) is 0 Å². The highest BCUT2D eigenvalue weighted by Gasteiger charge is 2.31. The molecule has 0 saturated heterocycles. The van der Waals surface area contributed by atoms with Crippen molar-refractivity contribution in [1.82, 2.24) is 0 Å². The number of hydrogen-bond acceptors (Lipinski definition) is 2. The average Bonchev–Trinajstić information content (AvgIpc) is 2.24. The molecule has 0 amide bonds. The molecular formula is C12H28OSSi. The van der Waals surface area contributed by atoms with Crippen LogP contribution in [0.4, 0.5) is 0 Å². The summed E-state index contributed by atoms with van der Waals surface area (Å²) in [5.41, 5.74) is 0. The van der Waals surface area contributed by atoms with Crippen molar-refractivity contribution in [2.75, 3.05) is 12.4 Å². The molecule has 0 fully saturated rings. The molecule has 0 spiro atoms. The van der Waals surface area contributed by atoms with E-state index >= 15 is 0 Å². The third kappa shape index (κ3) is 6.64. The maximum absolute atomic E-state index is 6.27. The Labute approximate surface area is 103 Å². The standard InChI is InChI=1S/C12H28OSSi/c1-4-8-13-15(10-5-2,11-6-3)12-7-9-14/h14H,4-12H2,1-3H3. The summed E-state index contributed by atoms with van der Waals surface area (Å²) in [5.74, 6) is 1.01. The van der Waals surface area contributed by atoms with Gasteiger partial charge in [-0.2, -0.15) is 12.6 Å². The van der Waals surface area contributed by atoms with E-state index in [1.165, 1.54) is 37.4 Å². The van der Waals surface area contributed by atoms with E-state index in [1.807, 2.05) is 0 Å². The lowest BCUT2D eigenvalue weighted by molar-refractivity contribution is 0.295. The first-order valence-corrected chi connectivity index (χ1v) is 9.65. The average molecular weight is 249 g/mol. The van der Waals surface area contributed by atoms with Gasteiger partial charge in [0, 0.05) is 6.61 Å². The van der Waals surface area contributed by atoms with Gasteiger partial charge in [-0.1, -0.05) is 33.6 Å². The highest BCUT2D eigenvalue weighted by molar-refractivity contribution is 7.80. The van der Waals surface area contributed by atoms with Crippen molar-refractivity contribution in [3.8, 4) is 0 Å². The molecule has 0 rings (SSSR count). The lowest BCUT2D eigenvalue weighted by Crippen LogP contribution is -2.38. The summed E-state index contributed by atoms with van der Waals surface area (Å²) in [6, 6.07) is 4.00. The molecule has 0 aromatic rings. The zero-order valence-corrected chi connectivity index (χ0v) is 12.6. The maximum Gasteiger partial charge on any atom is 0.192 e. The summed E-state index contributed by atoms with van der Waals surface area (Å²) in [4.78, 5) is 0. The van der Waals surface area contributed by atoms with Crippen LogP contribution in [0.2, 0.25) is 18.1 Å². The van der Waals surface area contributed by atoms with Gasteiger partial charge >= 0.3 is 0 Å². The monoisotopic (exact) mass is 248 g/mol. The summed E-state index contributed by atoms with van der Waals surface area (Å²) < 4.78 is 6.27. The van der Waals surface area contributed by atoms with Gasteiger partial charge in [-0.05, 0) is 36.7 Å². The minimum absolute atomic E-state index is 0.971. The van der Waals surface area contributed by atoms with Crippen LogP contribution in [-0.2, 0) is 4.43 Å². The van der Waals surface area contributed by atoms with E-state index in [0.717, 1.165) is 18.8 Å². The van der Waals surface area contributed by atoms with Crippen LogP contribution >= 0.6 is 12.6 Å². The van der Waals surface area contributed by atoms with E-state index in [4.69, 9.17) is 4.43 Å². The predicted molar refractivity (Wildman–Crippen MR) is 75.5 cm³/mol. The van der Waals surface area contributed by atoms with E-state index in [0.29, 0.717) is 0 Å². The Morgan fingerprint density at radius 1 is 0.933 bits per heavy atom. The maximum atomic E-state index is 6.27. The molecule has 0 saturated carbocycles. The molecule has 92 valence electrons. The Bertz CT molecular complexity index is 126. The third-order valence-corrected chi connectivity index (χ3v) is 8.03. The van der Waals surface area contributed by atoms with Crippen molar-refractivity contribution >= 4 is 20.9 Å². The van der Waals surface area contributed by atoms with Gasteiger partial charge in [0.15, 0.2) is 8.32 Å². The zero-order chi connectivity index (χ0) is 11.6. The normalized spacial score (nSPS) is 12.0. The van der Waals surface area contributed by atoms with Crippen molar-refractivity contribution < 1.29 is 4.43 Å². The van der Waals surface area contributed by atoms with E-state index in [2.05, 4.69) is 33.4 Å². The van der Waals surface area contributed by atoms with Crippen LogP contribution in [0.25, 0.3) is 0 Å². The molecule has 15 heavy (non-hydrogen) atoms. The Morgan fingerprint density at radius 3 is 1.93 bits per heavy atom. The van der Waals surface area contributed by atoms with Gasteiger partial charge < -0.3 is 4.43 Å². The van der Waals surface area contributed by atoms with Gasteiger partial charge in [0.05, 0.1) is 0 Å². The minimum Gasteiger partial charge on any atom is -0.417 e. The fourth-order valence-corrected chi connectivity index (χ4v) is 7.14. The van der Waals surface area contributed by atoms with Gasteiger partial charge in [-0.25, -0.2) is 0 Å². The second-order valence-electron chi connectivity index (χ2n) is 4.36. The molecule has 0 atom stereocenters. The Hall–Kier alpha value is 0.527. The van der Waals surface area contributed by atoms with E-state index in [9.17, 15) is 0 Å². The summed E-state index contributed by atoms with van der Waals surface area (Å²) in [6.07, 6.45) is 4.95. The summed E-state index contributed by atoms with van der Waals surface area (Å²) in [7, 11) is -1.39. The molecule has 0 aliphatic rings. The molecule has 0 bridgehead atoms. The zero-order valence-electron chi connectivity index (χ0n) is 10.7. The van der Waals surface area contributed by atoms with Gasteiger partial charge in [0.25, 0.3) is 0 Å². The first-order chi connectivity index (χ1) is 7.24. The molecule has 0 aromatic heterocycles. The first kappa shape index (κ1) is 15.5. The topological polar surface area (TPSA) is 9.23 Å². The first-order valence-electron chi connectivity index (χ1n) is 6.49. The van der Waals surface area contributed by atoms with Crippen LogP contribution in [0.1, 0.15) is 46.5 Å². The molecule has 0 aliphatic carbocycles. The highest BCUT2D eigenvalue weighted by atomic mass is 32.1. The molecule has 0 radical (unpaired) electrons. The number of hydrogen-bond donors (Lipinski definition) is 1. The van der Waals surface area contributed by atoms with Crippen LogP contribution in [0.3, 0.4) is 0 Å². The minimum atomic E-state index is -1.39. The smallest absolute Gasteiger partial charge is 0.192 e. The lowest BCUT2D eigenvalue weighted by Gasteiger charge is -2.31. The van der Waals surface area contributed by atoms with Crippen LogP contribution in [0.15, 0.2) is 0 Å². The van der Waals surface area contributed by atoms with E-state index < -0.39 is 8.32 Å². The van der Waals surface area contributed by atoms with Crippen LogP contribution < -0.4 is 0 Å². The van der Waals surface area contributed by atoms with Crippen molar-refractivity contribution in [3.63, 3.8) is 0 Å². The van der Waals surface area contributed by atoms with Crippen LogP contribution in [-0.4, -0.2) is 20.7 Å². The van der Waals surface area contributed by atoms with Crippen molar-refractivity contribution in [2.45, 2.75) is 64.6 Å². The molecule has 0 N–H and O–H groups in total. The Morgan fingerprint density at radius 2 is 1.53 bits per heavy atom. The highest BCUT2D eigenvalue weighted by Crippen LogP contribution is 2.27. The molecule has 0 aromatic carbocycles. The van der Waals surface area contributed by atoms with Gasteiger partial charge in [0.1, 0.15) is 0 Å². The summed E-state index contributed by atoms with van der Waals surface area (Å²) in [6.45, 7) is 7.75. The van der Waals surface area contributed by atoms with Crippen molar-refractivity contribution in [2.24, 2.45) is 0 Å². The summed E-state index contributed by atoms with van der Waals surface area (Å²) in [5, 5.41) is 0. The van der Waals surface area contributed by atoms with E-state index in [-0.39, 0.29) is 0 Å². The van der Waals surface area contributed by atoms with E-state index in [1.54, 1.807) is 0 Å². The Kier molecular flexibility index (Phi) is 10.1. The second-order valence-corrected chi connectivity index (χ2v) is 8.96. The second kappa shape index (κ2) is 9.73. The fraction of sp³-hybridized carbons (Fsp3) is 1.00. The third-order valence-electron chi connectivity index (χ3n) is 2.81. The van der Waals surface area contributed by atoms with Crippen molar-refractivity contribution in [1.29, 1.82) is 0 Å². The van der Waals surface area contributed by atoms with Crippen LogP contribution in [0.5, 0.6) is 0 Å². The largest absolute Gasteiger partial charge is 0.417 e. The molecule has 0 unspecified atom stereocenters. The lowest BCUT2D eigenvalue weighted by atomic mass is 10.5. The molecule has 0 heterocycles. The summed E-state index contributed by atoms with van der Waals surface area (Å²) >= 11 is 4.33. The fourth-order valence-electron chi connectivity index (χ4n) is 2.22. The molecule has 3 heteroatoms. The SMILES string of the molecule is CCCO[Si](CCC)(CCC)CCCS. The van der Waals surface area contributed by atoms with Crippen LogP contribution in [0, 0.1) is 0 Å². The predicted octanol–water partition coefficient (Wildman–Crippen LogP) is 4.50.